The van der Waals surface area contributed by atoms with Crippen molar-refractivity contribution in [2.75, 3.05) is 26.9 Å². The first-order valence-electron chi connectivity index (χ1n) is 10.1. The zero-order chi connectivity index (χ0) is 23.8. The zero-order valence-electron chi connectivity index (χ0n) is 18.1. The highest BCUT2D eigenvalue weighted by Gasteiger charge is 2.34. The van der Waals surface area contributed by atoms with E-state index in [4.69, 9.17) is 18.9 Å². The van der Waals surface area contributed by atoms with Crippen molar-refractivity contribution < 1.29 is 37.7 Å². The van der Waals surface area contributed by atoms with Gasteiger partial charge >= 0.3 is 18.0 Å². The maximum Gasteiger partial charge on any atom is 0.344 e. The second-order valence-corrected chi connectivity index (χ2v) is 6.82. The fourth-order valence-corrected chi connectivity index (χ4v) is 3.10. The number of methoxy groups -OCH3 is 1. The van der Waals surface area contributed by atoms with Crippen LogP contribution in [-0.4, -0.2) is 44.9 Å². The molecule has 1 heterocycles. The lowest BCUT2D eigenvalue weighted by Gasteiger charge is -2.29. The summed E-state index contributed by atoms with van der Waals surface area (Å²) in [5.41, 5.74) is 0.805. The molecule has 9 nitrogen and oxygen atoms in total. The van der Waals surface area contributed by atoms with Gasteiger partial charge in [0.2, 0.25) is 0 Å². The molecule has 2 aromatic rings. The molecule has 0 radical (unpaired) electrons. The van der Waals surface area contributed by atoms with Gasteiger partial charge in [0.1, 0.15) is 23.9 Å². The van der Waals surface area contributed by atoms with Crippen molar-refractivity contribution in [3.8, 4) is 11.5 Å². The maximum atomic E-state index is 13.0. The average molecular weight is 458 g/mol. The smallest absolute Gasteiger partial charge is 0.344 e. The summed E-state index contributed by atoms with van der Waals surface area (Å²) in [6, 6.07) is 10.5. The number of urea groups is 1. The van der Waals surface area contributed by atoms with E-state index in [1.165, 1.54) is 31.4 Å². The number of ether oxygens (including phenoxy) is 4. The topological polar surface area (TPSA) is 112 Å². The minimum Gasteiger partial charge on any atom is -0.497 e. The third kappa shape index (κ3) is 6.22. The van der Waals surface area contributed by atoms with Crippen LogP contribution in [0.25, 0.3) is 0 Å². The molecule has 0 bridgehead atoms. The molecule has 2 aromatic carbocycles. The molecule has 0 aliphatic carbocycles. The van der Waals surface area contributed by atoms with Gasteiger partial charge in [-0.2, -0.15) is 0 Å². The predicted molar refractivity (Wildman–Crippen MR) is 114 cm³/mol. The highest BCUT2D eigenvalue weighted by molar-refractivity contribution is 5.95. The van der Waals surface area contributed by atoms with Crippen molar-refractivity contribution in [3.05, 3.63) is 71.2 Å². The molecule has 0 aromatic heterocycles. The highest BCUT2D eigenvalue weighted by atomic mass is 19.1. The summed E-state index contributed by atoms with van der Waals surface area (Å²) in [6.45, 7) is 0.938. The minimum atomic E-state index is -0.826. The van der Waals surface area contributed by atoms with E-state index in [-0.39, 0.29) is 30.2 Å². The van der Waals surface area contributed by atoms with Crippen molar-refractivity contribution in [2.45, 2.75) is 13.0 Å². The largest absolute Gasteiger partial charge is 0.497 e. The van der Waals surface area contributed by atoms with Crippen LogP contribution in [0.3, 0.4) is 0 Å². The number of amides is 2. The number of halogens is 1. The molecule has 1 atom stereocenters. The Morgan fingerprint density at radius 1 is 1.00 bits per heavy atom. The summed E-state index contributed by atoms with van der Waals surface area (Å²) in [7, 11) is 1.53. The fraction of sp³-hybridized carbons (Fsp3) is 0.261. The Labute approximate surface area is 189 Å². The van der Waals surface area contributed by atoms with Crippen molar-refractivity contribution in [1.29, 1.82) is 0 Å². The summed E-state index contributed by atoms with van der Waals surface area (Å²) in [5, 5.41) is 5.19. The van der Waals surface area contributed by atoms with Crippen LogP contribution >= 0.6 is 0 Å². The summed E-state index contributed by atoms with van der Waals surface area (Å²) < 4.78 is 33.7. The van der Waals surface area contributed by atoms with Crippen LogP contribution in [-0.2, 0) is 19.1 Å². The molecular formula is C23H23FN2O7. The molecule has 0 saturated carbocycles. The van der Waals surface area contributed by atoms with Crippen molar-refractivity contribution in [1.82, 2.24) is 10.6 Å². The van der Waals surface area contributed by atoms with Crippen molar-refractivity contribution in [3.63, 3.8) is 0 Å². The molecule has 0 fully saturated rings. The first kappa shape index (κ1) is 23.6. The summed E-state index contributed by atoms with van der Waals surface area (Å²) in [5.74, 6) is -0.954. The van der Waals surface area contributed by atoms with E-state index >= 15 is 0 Å². The summed E-state index contributed by atoms with van der Waals surface area (Å²) >= 11 is 0. The Balaban J connectivity index is 1.76. The van der Waals surface area contributed by atoms with Crippen LogP contribution in [0.1, 0.15) is 18.5 Å². The Hall–Kier alpha value is -4.08. The number of hydrogen-bond acceptors (Lipinski definition) is 7. The van der Waals surface area contributed by atoms with Crippen LogP contribution in [0.15, 0.2) is 59.8 Å². The molecule has 2 amide bonds. The second-order valence-electron chi connectivity index (χ2n) is 6.82. The Morgan fingerprint density at radius 2 is 1.67 bits per heavy atom. The second kappa shape index (κ2) is 11.0. The number of carbonyl (C=O) groups excluding carboxylic acids is 3. The number of esters is 2. The third-order valence-electron chi connectivity index (χ3n) is 4.65. The lowest BCUT2D eigenvalue weighted by atomic mass is 9.95. The number of rotatable bonds is 9. The van der Waals surface area contributed by atoms with Crippen LogP contribution < -0.4 is 20.1 Å². The first-order valence-corrected chi connectivity index (χ1v) is 10.1. The van der Waals surface area contributed by atoms with Gasteiger partial charge in [-0.05, 0) is 48.9 Å². The van der Waals surface area contributed by atoms with Gasteiger partial charge in [-0.15, -0.1) is 0 Å². The molecule has 1 aliphatic rings. The van der Waals surface area contributed by atoms with Gasteiger partial charge in [-0.3, -0.25) is 0 Å². The number of hydrogen-bond donors (Lipinski definition) is 2. The molecule has 0 spiro atoms. The van der Waals surface area contributed by atoms with Gasteiger partial charge in [0, 0.05) is 0 Å². The van der Waals surface area contributed by atoms with Crippen LogP contribution in [0.4, 0.5) is 9.18 Å². The molecule has 1 unspecified atom stereocenters. The Morgan fingerprint density at radius 3 is 2.30 bits per heavy atom. The summed E-state index contributed by atoms with van der Waals surface area (Å²) in [4.78, 5) is 37.1. The number of benzene rings is 2. The van der Waals surface area contributed by atoms with E-state index in [1.54, 1.807) is 31.2 Å². The van der Waals surface area contributed by atoms with Gasteiger partial charge in [-0.1, -0.05) is 12.1 Å². The molecular weight excluding hydrogens is 435 g/mol. The van der Waals surface area contributed by atoms with Gasteiger partial charge < -0.3 is 29.6 Å². The molecule has 2 N–H and O–H groups in total. The van der Waals surface area contributed by atoms with E-state index in [9.17, 15) is 18.8 Å². The van der Waals surface area contributed by atoms with E-state index in [1.807, 2.05) is 0 Å². The number of nitrogens with one attached hydrogen (secondary N) is 2. The SMILES string of the molecule is CCOC(=O)C1=C(COC(=O)COc2ccc(F)cc2)NC(=O)NC1c1ccc(OC)cc1. The minimum absolute atomic E-state index is 0.0909. The molecule has 1 aliphatic heterocycles. The van der Waals surface area contributed by atoms with Gasteiger partial charge in [0.15, 0.2) is 6.61 Å². The molecule has 33 heavy (non-hydrogen) atoms. The fourth-order valence-electron chi connectivity index (χ4n) is 3.10. The quantitative estimate of drug-likeness (QED) is 0.556. The normalized spacial score (nSPS) is 15.2. The van der Waals surface area contributed by atoms with E-state index < -0.39 is 36.4 Å². The maximum absolute atomic E-state index is 13.0. The first-order chi connectivity index (χ1) is 15.9. The Bertz CT molecular complexity index is 1040. The average Bonchev–Trinajstić information content (AvgIpc) is 2.82. The molecule has 10 heteroatoms. The molecule has 174 valence electrons. The van der Waals surface area contributed by atoms with Gasteiger partial charge in [0.25, 0.3) is 0 Å². The van der Waals surface area contributed by atoms with Crippen molar-refractivity contribution >= 4 is 18.0 Å². The third-order valence-corrected chi connectivity index (χ3v) is 4.65. The molecule has 0 saturated heterocycles. The summed E-state index contributed by atoms with van der Waals surface area (Å²) in [6.07, 6.45) is 0. The van der Waals surface area contributed by atoms with E-state index in [0.29, 0.717) is 11.3 Å². The standard InChI is InChI=1S/C23H23FN2O7/c1-3-31-22(28)20-18(12-33-19(27)13-32-17-10-6-15(24)7-11-17)25-23(29)26-21(20)14-4-8-16(30-2)9-5-14/h4-11,21H,3,12-13H2,1-2H3,(H2,25,26,29). The zero-order valence-corrected chi connectivity index (χ0v) is 18.1. The van der Waals surface area contributed by atoms with E-state index in [0.717, 1.165) is 0 Å². The van der Waals surface area contributed by atoms with Gasteiger partial charge in [-0.25, -0.2) is 18.8 Å². The number of carbonyl (C=O) groups is 3. The highest BCUT2D eigenvalue weighted by Crippen LogP contribution is 2.29. The van der Waals surface area contributed by atoms with Crippen molar-refractivity contribution in [2.24, 2.45) is 0 Å². The monoisotopic (exact) mass is 458 g/mol. The molecule has 3 rings (SSSR count). The van der Waals surface area contributed by atoms with Crippen LogP contribution in [0, 0.1) is 5.82 Å². The lowest BCUT2D eigenvalue weighted by Crippen LogP contribution is -2.47. The van der Waals surface area contributed by atoms with Crippen LogP contribution in [0.5, 0.6) is 11.5 Å². The Kier molecular flexibility index (Phi) is 7.85. The van der Waals surface area contributed by atoms with E-state index in [2.05, 4.69) is 10.6 Å². The lowest BCUT2D eigenvalue weighted by molar-refractivity contribution is -0.145. The van der Waals surface area contributed by atoms with Crippen LogP contribution in [0.2, 0.25) is 0 Å². The predicted octanol–water partition coefficient (Wildman–Crippen LogP) is 2.63. The van der Waals surface area contributed by atoms with Gasteiger partial charge in [0.05, 0.1) is 31.0 Å².